The van der Waals surface area contributed by atoms with Crippen molar-refractivity contribution < 1.29 is 28.8 Å². The molecule has 0 aromatic heterocycles. The van der Waals surface area contributed by atoms with Gasteiger partial charge in [-0.3, -0.25) is 28.8 Å². The molecule has 0 N–H and O–H groups in total. The van der Waals surface area contributed by atoms with Crippen LogP contribution in [0.3, 0.4) is 0 Å². The lowest BCUT2D eigenvalue weighted by Crippen LogP contribution is -2.35. The number of benzene rings is 2. The molecule has 6 amide bonds. The lowest BCUT2D eigenvalue weighted by atomic mass is 9.95. The minimum absolute atomic E-state index is 0.0872. The zero-order valence-corrected chi connectivity index (χ0v) is 17.7. The molecule has 0 unspecified atom stereocenters. The van der Waals surface area contributed by atoms with Crippen molar-refractivity contribution in [3.63, 3.8) is 0 Å². The SMILES string of the molecule is Cc1ccc(N2C(=O)C=CC2=O)c(N2C(=O)C=CC2=O)c1-c1ccc(N2C(=O)C=CC2=O)cc1. The molecule has 5 rings (SSSR count). The quantitative estimate of drug-likeness (QED) is 0.654. The van der Waals surface area contributed by atoms with E-state index in [-0.39, 0.29) is 11.4 Å². The number of imide groups is 3. The molecule has 9 nitrogen and oxygen atoms in total. The highest BCUT2D eigenvalue weighted by Gasteiger charge is 2.36. The molecular formula is C25H15N3O6. The summed E-state index contributed by atoms with van der Waals surface area (Å²) >= 11 is 0. The van der Waals surface area contributed by atoms with E-state index in [9.17, 15) is 28.8 Å². The van der Waals surface area contributed by atoms with Crippen LogP contribution in [0.5, 0.6) is 0 Å². The third-order valence-corrected chi connectivity index (χ3v) is 5.67. The molecular weight excluding hydrogens is 438 g/mol. The Labute approximate surface area is 192 Å². The van der Waals surface area contributed by atoms with Crippen LogP contribution >= 0.6 is 0 Å². The zero-order chi connectivity index (χ0) is 24.1. The monoisotopic (exact) mass is 453 g/mol. The highest BCUT2D eigenvalue weighted by molar-refractivity contribution is 6.34. The van der Waals surface area contributed by atoms with Gasteiger partial charge in [-0.15, -0.1) is 0 Å². The normalized spacial score (nSPS) is 17.4. The maximum Gasteiger partial charge on any atom is 0.258 e. The van der Waals surface area contributed by atoms with Crippen molar-refractivity contribution in [2.24, 2.45) is 0 Å². The molecule has 34 heavy (non-hydrogen) atoms. The van der Waals surface area contributed by atoms with E-state index < -0.39 is 35.4 Å². The van der Waals surface area contributed by atoms with Crippen molar-refractivity contribution in [1.29, 1.82) is 0 Å². The predicted molar refractivity (Wildman–Crippen MR) is 122 cm³/mol. The van der Waals surface area contributed by atoms with Gasteiger partial charge in [-0.2, -0.15) is 0 Å². The van der Waals surface area contributed by atoms with E-state index >= 15 is 0 Å². The van der Waals surface area contributed by atoms with Gasteiger partial charge in [0, 0.05) is 42.0 Å². The molecule has 3 heterocycles. The van der Waals surface area contributed by atoms with Gasteiger partial charge < -0.3 is 0 Å². The summed E-state index contributed by atoms with van der Waals surface area (Å²) in [5, 5.41) is 0. The molecule has 0 atom stereocenters. The summed E-state index contributed by atoms with van der Waals surface area (Å²) in [5.74, 6) is -3.34. The van der Waals surface area contributed by atoms with Gasteiger partial charge in [-0.05, 0) is 36.2 Å². The van der Waals surface area contributed by atoms with E-state index in [0.29, 0.717) is 22.4 Å². The standard InChI is InChI=1S/C25H15N3O6/c1-14-2-7-17(27-20(31)10-11-21(27)32)25(28-22(33)12-13-23(28)34)24(14)15-3-5-16(6-4-15)26-18(29)8-9-19(26)30/h2-13H,1H3. The highest BCUT2D eigenvalue weighted by atomic mass is 16.2. The number of rotatable bonds is 4. The minimum atomic E-state index is -0.610. The Kier molecular flexibility index (Phi) is 4.68. The van der Waals surface area contributed by atoms with Gasteiger partial charge in [0.15, 0.2) is 0 Å². The van der Waals surface area contributed by atoms with Gasteiger partial charge in [0.1, 0.15) is 0 Å². The van der Waals surface area contributed by atoms with Crippen LogP contribution < -0.4 is 14.7 Å². The number of aryl methyl sites for hydroxylation is 1. The van der Waals surface area contributed by atoms with Gasteiger partial charge in [-0.25, -0.2) is 14.7 Å². The van der Waals surface area contributed by atoms with Crippen LogP contribution in [0.4, 0.5) is 17.1 Å². The Morgan fingerprint density at radius 3 is 1.44 bits per heavy atom. The van der Waals surface area contributed by atoms with Crippen LogP contribution in [-0.2, 0) is 28.8 Å². The number of hydrogen-bond donors (Lipinski definition) is 0. The molecule has 0 aliphatic carbocycles. The van der Waals surface area contributed by atoms with Crippen molar-refractivity contribution in [3.05, 3.63) is 78.4 Å². The van der Waals surface area contributed by atoms with Gasteiger partial charge in [0.2, 0.25) is 0 Å². The fraction of sp³-hybridized carbons (Fsp3) is 0.0400. The minimum Gasteiger partial charge on any atom is -0.269 e. The predicted octanol–water partition coefficient (Wildman–Crippen LogP) is 1.95. The Morgan fingerprint density at radius 2 is 0.941 bits per heavy atom. The first-order valence-electron chi connectivity index (χ1n) is 10.2. The lowest BCUT2D eigenvalue weighted by molar-refractivity contribution is -0.122. The smallest absolute Gasteiger partial charge is 0.258 e. The van der Waals surface area contributed by atoms with Gasteiger partial charge in [-0.1, -0.05) is 18.2 Å². The number of amides is 6. The average Bonchev–Trinajstić information content (AvgIpc) is 3.44. The van der Waals surface area contributed by atoms with Gasteiger partial charge in [0.25, 0.3) is 35.4 Å². The molecule has 0 saturated heterocycles. The van der Waals surface area contributed by atoms with Crippen molar-refractivity contribution in [1.82, 2.24) is 0 Å². The summed E-state index contributed by atoms with van der Waals surface area (Å²) in [7, 11) is 0. The molecule has 166 valence electrons. The highest BCUT2D eigenvalue weighted by Crippen LogP contribution is 2.44. The number of hydrogen-bond acceptors (Lipinski definition) is 6. The Hall–Kier alpha value is -4.92. The van der Waals surface area contributed by atoms with E-state index in [1.165, 1.54) is 18.2 Å². The Morgan fingerprint density at radius 1 is 0.500 bits per heavy atom. The second-order valence-corrected chi connectivity index (χ2v) is 7.71. The lowest BCUT2D eigenvalue weighted by Gasteiger charge is -2.27. The van der Waals surface area contributed by atoms with Crippen molar-refractivity contribution >= 4 is 52.5 Å². The first-order chi connectivity index (χ1) is 16.3. The van der Waals surface area contributed by atoms with Gasteiger partial charge in [0.05, 0.1) is 17.1 Å². The largest absolute Gasteiger partial charge is 0.269 e. The third kappa shape index (κ3) is 3.10. The molecule has 3 aliphatic rings. The molecule has 9 heteroatoms. The molecule has 0 bridgehead atoms. The first-order valence-corrected chi connectivity index (χ1v) is 10.2. The van der Waals surface area contributed by atoms with Crippen LogP contribution in [0.25, 0.3) is 11.1 Å². The average molecular weight is 453 g/mol. The Bertz CT molecular complexity index is 1380. The van der Waals surface area contributed by atoms with Crippen LogP contribution in [0.2, 0.25) is 0 Å². The summed E-state index contributed by atoms with van der Waals surface area (Å²) < 4.78 is 0. The molecule has 0 fully saturated rings. The summed E-state index contributed by atoms with van der Waals surface area (Å²) in [6.07, 6.45) is 6.82. The summed E-state index contributed by atoms with van der Waals surface area (Å²) in [6.45, 7) is 1.76. The molecule has 0 radical (unpaired) electrons. The van der Waals surface area contributed by atoms with Crippen LogP contribution in [0.15, 0.2) is 72.9 Å². The van der Waals surface area contributed by atoms with E-state index in [1.54, 1.807) is 37.3 Å². The number of anilines is 3. The van der Waals surface area contributed by atoms with Crippen LogP contribution in [0.1, 0.15) is 5.56 Å². The Balaban J connectivity index is 1.69. The van der Waals surface area contributed by atoms with E-state index in [4.69, 9.17) is 0 Å². The molecule has 2 aromatic rings. The van der Waals surface area contributed by atoms with Crippen molar-refractivity contribution in [3.8, 4) is 11.1 Å². The summed E-state index contributed by atoms with van der Waals surface area (Å²) in [5.41, 5.74) is 2.19. The molecule has 0 saturated carbocycles. The van der Waals surface area contributed by atoms with Crippen LogP contribution in [0, 0.1) is 6.92 Å². The van der Waals surface area contributed by atoms with Crippen molar-refractivity contribution in [2.45, 2.75) is 6.92 Å². The second-order valence-electron chi connectivity index (χ2n) is 7.71. The number of carbonyl (C=O) groups is 6. The molecule has 2 aromatic carbocycles. The number of carbonyl (C=O) groups excluding carboxylic acids is 6. The van der Waals surface area contributed by atoms with E-state index in [2.05, 4.69) is 0 Å². The topological polar surface area (TPSA) is 112 Å². The van der Waals surface area contributed by atoms with Crippen molar-refractivity contribution in [2.75, 3.05) is 14.7 Å². The summed E-state index contributed by atoms with van der Waals surface area (Å²) in [4.78, 5) is 77.0. The maximum absolute atomic E-state index is 12.6. The molecule has 3 aliphatic heterocycles. The fourth-order valence-corrected chi connectivity index (χ4v) is 4.14. The maximum atomic E-state index is 12.6. The second kappa shape index (κ2) is 7.59. The van der Waals surface area contributed by atoms with E-state index in [0.717, 1.165) is 39.0 Å². The third-order valence-electron chi connectivity index (χ3n) is 5.67. The number of nitrogens with zero attached hydrogens (tertiary/aromatic N) is 3. The fourth-order valence-electron chi connectivity index (χ4n) is 4.14. The van der Waals surface area contributed by atoms with E-state index in [1.807, 2.05) is 0 Å². The van der Waals surface area contributed by atoms with Gasteiger partial charge >= 0.3 is 0 Å². The van der Waals surface area contributed by atoms with Crippen LogP contribution in [-0.4, -0.2) is 35.4 Å². The molecule has 0 spiro atoms. The zero-order valence-electron chi connectivity index (χ0n) is 17.7. The summed E-state index contributed by atoms with van der Waals surface area (Å²) in [6, 6.07) is 9.58. The first kappa shape index (κ1) is 21.0.